The first-order valence-corrected chi connectivity index (χ1v) is 6.04. The summed E-state index contributed by atoms with van der Waals surface area (Å²) in [5.41, 5.74) is 13.8. The fourth-order valence-electron chi connectivity index (χ4n) is 1.19. The molecule has 7 heteroatoms. The molecular formula is C11H15Cl2N3O2. The minimum Gasteiger partial charge on any atom is -0.324 e. The highest BCUT2D eigenvalue weighted by Gasteiger charge is 2.19. The Bertz CT molecular complexity index is 406. The molecule has 1 heterocycles. The number of hydrogen-bond acceptors (Lipinski definition) is 4. The highest BCUT2D eigenvalue weighted by Crippen LogP contribution is 2.21. The Morgan fingerprint density at radius 1 is 1.39 bits per heavy atom. The molecule has 0 bridgehead atoms. The van der Waals surface area contributed by atoms with Crippen LogP contribution in [0, 0.1) is 0 Å². The quantitative estimate of drug-likeness (QED) is 0.729. The van der Waals surface area contributed by atoms with Crippen molar-refractivity contribution in [3.8, 4) is 0 Å². The van der Waals surface area contributed by atoms with E-state index >= 15 is 0 Å². The number of carbonyl (C=O) groups excluding carboxylic acids is 1. The maximum atomic E-state index is 10.2. The summed E-state index contributed by atoms with van der Waals surface area (Å²) < 4.78 is 0. The number of hydrogen-bond donors (Lipinski definition) is 3. The molecule has 5 N–H and O–H groups in total. The van der Waals surface area contributed by atoms with Gasteiger partial charge in [0.05, 0.1) is 6.61 Å². The third-order valence-electron chi connectivity index (χ3n) is 2.18. The monoisotopic (exact) mass is 291 g/mol. The maximum Gasteiger partial charge on any atom is 0.262 e. The van der Waals surface area contributed by atoms with Gasteiger partial charge in [-0.2, -0.15) is 0 Å². The third kappa shape index (κ3) is 4.80. The van der Waals surface area contributed by atoms with Crippen LogP contribution in [-0.4, -0.2) is 18.6 Å². The summed E-state index contributed by atoms with van der Waals surface area (Å²) in [6.45, 7) is 2.18. The molecule has 100 valence electrons. The molecule has 18 heavy (non-hydrogen) atoms. The van der Waals surface area contributed by atoms with Crippen molar-refractivity contribution in [3.05, 3.63) is 33.8 Å². The average Bonchev–Trinajstić information content (AvgIpc) is 2.63. The fraction of sp³-hybridized carbons (Fsp3) is 0.364. The van der Waals surface area contributed by atoms with E-state index in [1.807, 2.05) is 19.1 Å². The van der Waals surface area contributed by atoms with Gasteiger partial charge in [-0.25, -0.2) is 5.48 Å². The highest BCUT2D eigenvalue weighted by molar-refractivity contribution is 6.34. The van der Waals surface area contributed by atoms with Crippen LogP contribution in [0.4, 0.5) is 0 Å². The lowest BCUT2D eigenvalue weighted by Gasteiger charge is -2.05. The van der Waals surface area contributed by atoms with Gasteiger partial charge in [-0.05, 0) is 30.7 Å². The van der Waals surface area contributed by atoms with Gasteiger partial charge in [-0.15, -0.1) is 0 Å². The van der Waals surface area contributed by atoms with Crippen LogP contribution in [0.3, 0.4) is 0 Å². The lowest BCUT2D eigenvalue weighted by atomic mass is 10.1. The molecule has 1 fully saturated rings. The first-order valence-electron chi connectivity index (χ1n) is 5.29. The number of nitrogens with two attached hydrogens (primary N) is 2. The van der Waals surface area contributed by atoms with E-state index in [0.717, 1.165) is 5.56 Å². The molecule has 1 amide bonds. The van der Waals surface area contributed by atoms with Gasteiger partial charge in [0.1, 0.15) is 6.04 Å². The van der Waals surface area contributed by atoms with E-state index < -0.39 is 6.04 Å². The van der Waals surface area contributed by atoms with Crippen LogP contribution in [0.15, 0.2) is 18.2 Å². The van der Waals surface area contributed by atoms with Crippen molar-refractivity contribution in [2.24, 2.45) is 11.5 Å². The number of amides is 1. The first-order chi connectivity index (χ1) is 8.40. The minimum atomic E-state index is -0.458. The number of rotatable bonds is 1. The van der Waals surface area contributed by atoms with Gasteiger partial charge >= 0.3 is 0 Å². The van der Waals surface area contributed by atoms with Crippen LogP contribution in [0.5, 0.6) is 0 Å². The summed E-state index contributed by atoms with van der Waals surface area (Å²) in [4.78, 5) is 14.7. The highest BCUT2D eigenvalue weighted by atomic mass is 35.5. The molecule has 0 aromatic heterocycles. The van der Waals surface area contributed by atoms with Gasteiger partial charge < -0.3 is 11.5 Å². The SMILES string of the molecule is CC(N)c1cc(Cl)cc(Cl)c1.N[C@@H]1CONC1=O. The Hall–Kier alpha value is -0.850. The zero-order chi connectivity index (χ0) is 13.7. The molecule has 2 rings (SSSR count). The standard InChI is InChI=1S/C8H9Cl2N.C3H6N2O2/c1-5(11)6-2-7(9)4-8(10)3-6;4-2-1-7-5-3(2)6/h2-5H,11H2,1H3;2H,1,4H2,(H,5,6)/t;2-/m.1/s1. The molecule has 0 saturated carbocycles. The summed E-state index contributed by atoms with van der Waals surface area (Å²) >= 11 is 11.5. The second-order valence-corrected chi connectivity index (χ2v) is 4.75. The van der Waals surface area contributed by atoms with Gasteiger partial charge in [0.15, 0.2) is 0 Å². The van der Waals surface area contributed by atoms with Crippen molar-refractivity contribution in [3.63, 3.8) is 0 Å². The second-order valence-electron chi connectivity index (χ2n) is 3.88. The van der Waals surface area contributed by atoms with Gasteiger partial charge in [0, 0.05) is 16.1 Å². The summed E-state index contributed by atoms with van der Waals surface area (Å²) in [6.07, 6.45) is 0. The van der Waals surface area contributed by atoms with E-state index in [4.69, 9.17) is 34.7 Å². The molecule has 0 radical (unpaired) electrons. The van der Waals surface area contributed by atoms with Crippen molar-refractivity contribution in [2.75, 3.05) is 6.61 Å². The molecular weight excluding hydrogens is 277 g/mol. The summed E-state index contributed by atoms with van der Waals surface area (Å²) in [5.74, 6) is -0.236. The van der Waals surface area contributed by atoms with Crippen molar-refractivity contribution in [1.82, 2.24) is 5.48 Å². The number of carbonyl (C=O) groups is 1. The van der Waals surface area contributed by atoms with Crippen LogP contribution < -0.4 is 16.9 Å². The molecule has 1 aromatic rings. The molecule has 5 nitrogen and oxygen atoms in total. The van der Waals surface area contributed by atoms with Gasteiger partial charge in [-0.3, -0.25) is 9.63 Å². The van der Waals surface area contributed by atoms with Crippen LogP contribution >= 0.6 is 23.2 Å². The van der Waals surface area contributed by atoms with E-state index in [-0.39, 0.29) is 11.9 Å². The zero-order valence-corrected chi connectivity index (χ0v) is 11.3. The van der Waals surface area contributed by atoms with Gasteiger partial charge in [-0.1, -0.05) is 23.2 Å². The molecule has 0 aliphatic carbocycles. The first kappa shape index (κ1) is 15.2. The van der Waals surface area contributed by atoms with Crippen LogP contribution in [-0.2, 0) is 9.63 Å². The van der Waals surface area contributed by atoms with Crippen LogP contribution in [0.1, 0.15) is 18.5 Å². The van der Waals surface area contributed by atoms with Crippen LogP contribution in [0.25, 0.3) is 0 Å². The summed E-state index contributed by atoms with van der Waals surface area (Å²) in [5, 5.41) is 1.26. The van der Waals surface area contributed by atoms with Crippen molar-refractivity contribution in [1.29, 1.82) is 0 Å². The predicted octanol–water partition coefficient (Wildman–Crippen LogP) is 1.39. The van der Waals surface area contributed by atoms with Crippen LogP contribution in [0.2, 0.25) is 10.0 Å². The Morgan fingerprint density at radius 3 is 2.22 bits per heavy atom. The zero-order valence-electron chi connectivity index (χ0n) is 9.82. The Kier molecular flexibility index (Phi) is 5.84. The van der Waals surface area contributed by atoms with Gasteiger partial charge in [0.25, 0.3) is 5.91 Å². The van der Waals surface area contributed by atoms with Crippen molar-refractivity contribution < 1.29 is 9.63 Å². The Labute approximate surface area is 115 Å². The fourth-order valence-corrected chi connectivity index (χ4v) is 1.73. The molecule has 0 spiro atoms. The Morgan fingerprint density at radius 2 is 1.94 bits per heavy atom. The van der Waals surface area contributed by atoms with Crippen molar-refractivity contribution in [2.45, 2.75) is 19.0 Å². The minimum absolute atomic E-state index is 0.0220. The smallest absolute Gasteiger partial charge is 0.262 e. The average molecular weight is 292 g/mol. The van der Waals surface area contributed by atoms with E-state index in [0.29, 0.717) is 16.7 Å². The molecule has 1 saturated heterocycles. The number of hydroxylamine groups is 1. The molecule has 2 atom stereocenters. The van der Waals surface area contributed by atoms with Gasteiger partial charge in [0.2, 0.25) is 0 Å². The normalized spacial score (nSPS) is 19.8. The topological polar surface area (TPSA) is 90.4 Å². The van der Waals surface area contributed by atoms with E-state index in [9.17, 15) is 4.79 Å². The molecule has 1 aliphatic heterocycles. The number of nitrogens with one attached hydrogen (secondary N) is 1. The molecule has 1 aliphatic rings. The number of halogens is 2. The third-order valence-corrected chi connectivity index (χ3v) is 2.62. The van der Waals surface area contributed by atoms with E-state index in [1.54, 1.807) is 6.07 Å². The van der Waals surface area contributed by atoms with E-state index in [2.05, 4.69) is 10.3 Å². The molecule has 1 aromatic carbocycles. The Balaban J connectivity index is 0.000000199. The largest absolute Gasteiger partial charge is 0.324 e. The summed E-state index contributed by atoms with van der Waals surface area (Å²) in [6, 6.07) is 4.84. The number of benzene rings is 1. The molecule has 1 unspecified atom stereocenters. The summed E-state index contributed by atoms with van der Waals surface area (Å²) in [7, 11) is 0. The van der Waals surface area contributed by atoms with Crippen molar-refractivity contribution >= 4 is 29.1 Å². The maximum absolute atomic E-state index is 10.2. The lowest BCUT2D eigenvalue weighted by Crippen LogP contribution is -2.31. The second kappa shape index (κ2) is 6.92. The lowest BCUT2D eigenvalue weighted by molar-refractivity contribution is -0.124. The van der Waals surface area contributed by atoms with E-state index in [1.165, 1.54) is 0 Å². The predicted molar refractivity (Wildman–Crippen MR) is 71.1 cm³/mol.